The molecule has 1 aliphatic rings. The smallest absolute Gasteiger partial charge is 0.223 e. The van der Waals surface area contributed by atoms with Gasteiger partial charge in [-0.3, -0.25) is 0 Å². The summed E-state index contributed by atoms with van der Waals surface area (Å²) in [6.45, 7) is 3.86. The quantitative estimate of drug-likeness (QED) is 0.839. The lowest BCUT2D eigenvalue weighted by Crippen LogP contribution is -2.32. The molecule has 0 amide bonds. The van der Waals surface area contributed by atoms with Crippen molar-refractivity contribution >= 4 is 10.0 Å². The number of sulfonamides is 1. The lowest BCUT2D eigenvalue weighted by atomic mass is 10.2. The Morgan fingerprint density at radius 2 is 2.14 bits per heavy atom. The van der Waals surface area contributed by atoms with Crippen molar-refractivity contribution in [2.75, 3.05) is 6.54 Å². The van der Waals surface area contributed by atoms with Crippen molar-refractivity contribution in [3.05, 3.63) is 29.2 Å². The van der Waals surface area contributed by atoms with E-state index in [2.05, 4.69) is 15.3 Å². The zero-order valence-electron chi connectivity index (χ0n) is 11.8. The minimum Gasteiger partial charge on any atom is -0.361 e. The molecule has 8 nitrogen and oxygen atoms in total. The number of nitrogens with zero attached hydrogens (tertiary/aromatic N) is 4. The Morgan fingerprint density at radius 1 is 1.33 bits per heavy atom. The van der Waals surface area contributed by atoms with E-state index in [-0.39, 0.29) is 11.8 Å². The highest BCUT2D eigenvalue weighted by Crippen LogP contribution is 2.33. The fraction of sp³-hybridized carbons (Fsp3) is 0.583. The third kappa shape index (κ3) is 2.84. The topological polar surface area (TPSA) is 102 Å². The van der Waals surface area contributed by atoms with Gasteiger partial charge in [0.1, 0.15) is 17.2 Å². The lowest BCUT2D eigenvalue weighted by molar-refractivity contribution is 0.348. The number of hydrogen-bond donors (Lipinski definition) is 0. The lowest BCUT2D eigenvalue weighted by Gasteiger charge is -2.20. The van der Waals surface area contributed by atoms with Crippen LogP contribution in [-0.2, 0) is 15.8 Å². The molecular weight excluding hydrogens is 296 g/mol. The Kier molecular flexibility index (Phi) is 3.54. The Bertz CT molecular complexity index is 736. The van der Waals surface area contributed by atoms with Crippen LogP contribution in [-0.4, -0.2) is 34.6 Å². The van der Waals surface area contributed by atoms with Crippen molar-refractivity contribution in [3.63, 3.8) is 0 Å². The first-order valence-electron chi connectivity index (χ1n) is 6.67. The molecule has 1 unspecified atom stereocenters. The third-order valence-corrected chi connectivity index (χ3v) is 5.22. The Morgan fingerprint density at radius 3 is 2.76 bits per heavy atom. The van der Waals surface area contributed by atoms with Crippen LogP contribution in [0, 0.1) is 13.8 Å². The van der Waals surface area contributed by atoms with Gasteiger partial charge in [0.05, 0.1) is 6.04 Å². The molecule has 1 saturated heterocycles. The summed E-state index contributed by atoms with van der Waals surface area (Å²) in [7, 11) is -3.50. The van der Waals surface area contributed by atoms with Gasteiger partial charge in [-0.15, -0.1) is 0 Å². The largest absolute Gasteiger partial charge is 0.361 e. The highest BCUT2D eigenvalue weighted by atomic mass is 32.2. The van der Waals surface area contributed by atoms with Crippen LogP contribution in [0.4, 0.5) is 0 Å². The van der Waals surface area contributed by atoms with Crippen LogP contribution >= 0.6 is 0 Å². The van der Waals surface area contributed by atoms with Gasteiger partial charge in [0, 0.05) is 19.5 Å². The maximum Gasteiger partial charge on any atom is 0.223 e. The van der Waals surface area contributed by atoms with E-state index >= 15 is 0 Å². The van der Waals surface area contributed by atoms with E-state index in [1.54, 1.807) is 19.9 Å². The minimum absolute atomic E-state index is 0.183. The van der Waals surface area contributed by atoms with Crippen LogP contribution < -0.4 is 0 Å². The van der Waals surface area contributed by atoms with Crippen LogP contribution in [0.25, 0.3) is 0 Å². The van der Waals surface area contributed by atoms with E-state index in [9.17, 15) is 8.42 Å². The fourth-order valence-corrected chi connectivity index (χ4v) is 4.21. The molecule has 0 radical (unpaired) electrons. The zero-order chi connectivity index (χ0) is 15.0. The van der Waals surface area contributed by atoms with E-state index in [4.69, 9.17) is 9.05 Å². The van der Waals surface area contributed by atoms with Crippen molar-refractivity contribution in [1.29, 1.82) is 0 Å². The maximum atomic E-state index is 12.6. The van der Waals surface area contributed by atoms with Crippen LogP contribution in [0.1, 0.15) is 42.1 Å². The van der Waals surface area contributed by atoms with Crippen LogP contribution in [0.2, 0.25) is 0 Å². The predicted molar refractivity (Wildman–Crippen MR) is 71.6 cm³/mol. The van der Waals surface area contributed by atoms with E-state index < -0.39 is 10.0 Å². The highest BCUT2D eigenvalue weighted by Gasteiger charge is 2.38. The van der Waals surface area contributed by atoms with Crippen molar-refractivity contribution in [2.24, 2.45) is 0 Å². The Hall–Kier alpha value is -1.74. The third-order valence-electron chi connectivity index (χ3n) is 3.41. The van der Waals surface area contributed by atoms with Crippen LogP contribution in [0.15, 0.2) is 15.1 Å². The fourth-order valence-electron chi connectivity index (χ4n) is 2.54. The monoisotopic (exact) mass is 312 g/mol. The van der Waals surface area contributed by atoms with E-state index in [0.717, 1.165) is 6.42 Å². The van der Waals surface area contributed by atoms with Gasteiger partial charge in [0.25, 0.3) is 0 Å². The summed E-state index contributed by atoms with van der Waals surface area (Å²) >= 11 is 0. The van der Waals surface area contributed by atoms with Gasteiger partial charge in [-0.1, -0.05) is 10.3 Å². The van der Waals surface area contributed by atoms with Crippen LogP contribution in [0.3, 0.4) is 0 Å². The summed E-state index contributed by atoms with van der Waals surface area (Å²) < 4.78 is 36.4. The van der Waals surface area contributed by atoms with Gasteiger partial charge in [-0.2, -0.15) is 9.29 Å². The zero-order valence-corrected chi connectivity index (χ0v) is 12.6. The summed E-state index contributed by atoms with van der Waals surface area (Å²) in [5.41, 5.74) is 0.405. The maximum absolute atomic E-state index is 12.6. The molecule has 21 heavy (non-hydrogen) atoms. The molecule has 9 heteroatoms. The first kappa shape index (κ1) is 14.2. The number of aryl methyl sites for hydroxylation is 2. The second kappa shape index (κ2) is 5.23. The normalized spacial score (nSPS) is 20.2. The summed E-state index contributed by atoms with van der Waals surface area (Å²) in [6, 6.07) is 1.27. The average Bonchev–Trinajstić information content (AvgIpc) is 3.09. The second-order valence-corrected chi connectivity index (χ2v) is 7.05. The molecule has 0 bridgehead atoms. The van der Waals surface area contributed by atoms with Crippen molar-refractivity contribution < 1.29 is 17.5 Å². The first-order chi connectivity index (χ1) is 9.95. The van der Waals surface area contributed by atoms with E-state index in [1.165, 1.54) is 4.31 Å². The van der Waals surface area contributed by atoms with Crippen molar-refractivity contribution in [1.82, 2.24) is 19.6 Å². The second-order valence-electron chi connectivity index (χ2n) is 5.13. The molecule has 2 aromatic rings. The Balaban J connectivity index is 1.83. The molecule has 3 rings (SSSR count). The molecule has 1 fully saturated rings. The molecule has 3 heterocycles. The first-order valence-corrected chi connectivity index (χ1v) is 8.28. The van der Waals surface area contributed by atoms with Crippen LogP contribution in [0.5, 0.6) is 0 Å². The SMILES string of the molecule is Cc1cc(CS(=O)(=O)N2CCCC2c2noc(C)n2)no1. The summed E-state index contributed by atoms with van der Waals surface area (Å²) in [5, 5.41) is 7.59. The van der Waals surface area contributed by atoms with Gasteiger partial charge < -0.3 is 9.05 Å². The van der Waals surface area contributed by atoms with Crippen molar-refractivity contribution in [3.8, 4) is 0 Å². The number of aromatic nitrogens is 3. The van der Waals surface area contributed by atoms with E-state index in [0.29, 0.717) is 36.1 Å². The summed E-state index contributed by atoms with van der Waals surface area (Å²) in [4.78, 5) is 4.15. The molecule has 0 N–H and O–H groups in total. The molecule has 114 valence electrons. The molecule has 0 aliphatic carbocycles. The summed E-state index contributed by atoms with van der Waals surface area (Å²) in [5.74, 6) is 1.26. The average molecular weight is 312 g/mol. The van der Waals surface area contributed by atoms with Gasteiger partial charge in [0.15, 0.2) is 5.82 Å². The van der Waals surface area contributed by atoms with Gasteiger partial charge in [-0.05, 0) is 19.8 Å². The molecule has 0 aromatic carbocycles. The molecule has 1 atom stereocenters. The molecule has 0 spiro atoms. The predicted octanol–water partition coefficient (Wildman–Crippen LogP) is 1.34. The highest BCUT2D eigenvalue weighted by molar-refractivity contribution is 7.88. The van der Waals surface area contributed by atoms with Gasteiger partial charge >= 0.3 is 0 Å². The van der Waals surface area contributed by atoms with Gasteiger partial charge in [0.2, 0.25) is 15.9 Å². The molecule has 0 saturated carbocycles. The molecule has 2 aromatic heterocycles. The van der Waals surface area contributed by atoms with Gasteiger partial charge in [-0.25, -0.2) is 8.42 Å². The summed E-state index contributed by atoms with van der Waals surface area (Å²) in [6.07, 6.45) is 1.46. The van der Waals surface area contributed by atoms with E-state index in [1.807, 2.05) is 0 Å². The standard InChI is InChI=1S/C12H16N4O4S/c1-8-6-10(14-19-8)7-21(17,18)16-5-3-4-11(16)12-13-9(2)20-15-12/h6,11H,3-5,7H2,1-2H3. The molecular formula is C12H16N4O4S. The van der Waals surface area contributed by atoms with Crippen molar-refractivity contribution in [2.45, 2.75) is 38.5 Å². The minimum atomic E-state index is -3.50. The number of rotatable bonds is 4. The molecule has 1 aliphatic heterocycles. The number of hydrogen-bond acceptors (Lipinski definition) is 7. The Labute approximate surface area is 122 Å².